The Kier molecular flexibility index (Phi) is 6.20. The molecule has 204 valence electrons. The fraction of sp³-hybridized carbons (Fsp3) is 0.310. The van der Waals surface area contributed by atoms with E-state index in [1.54, 1.807) is 11.8 Å². The van der Waals surface area contributed by atoms with Gasteiger partial charge in [0.25, 0.3) is 0 Å². The number of tetrazole rings is 1. The summed E-state index contributed by atoms with van der Waals surface area (Å²) in [7, 11) is 1.66. The third-order valence-corrected chi connectivity index (χ3v) is 7.79. The third kappa shape index (κ3) is 4.28. The van der Waals surface area contributed by atoms with Crippen molar-refractivity contribution in [1.82, 2.24) is 34.7 Å². The van der Waals surface area contributed by atoms with Gasteiger partial charge in [0.05, 0.1) is 29.9 Å². The van der Waals surface area contributed by atoms with E-state index in [-0.39, 0.29) is 17.8 Å². The number of piperidine rings is 1. The van der Waals surface area contributed by atoms with Crippen molar-refractivity contribution in [2.45, 2.75) is 24.9 Å². The number of para-hydroxylation sites is 2. The van der Waals surface area contributed by atoms with E-state index in [0.29, 0.717) is 30.5 Å². The maximum absolute atomic E-state index is 12.9. The average molecular weight is 540 g/mol. The van der Waals surface area contributed by atoms with Crippen molar-refractivity contribution >= 4 is 11.0 Å². The van der Waals surface area contributed by atoms with E-state index >= 15 is 0 Å². The van der Waals surface area contributed by atoms with Crippen LogP contribution in [0.25, 0.3) is 16.7 Å². The van der Waals surface area contributed by atoms with E-state index in [0.717, 1.165) is 54.0 Å². The zero-order valence-corrected chi connectivity index (χ0v) is 22.1. The number of fused-ring (bicyclic) bond motifs is 2. The van der Waals surface area contributed by atoms with Gasteiger partial charge in [0.2, 0.25) is 0 Å². The van der Waals surface area contributed by atoms with Crippen molar-refractivity contribution in [3.8, 4) is 22.9 Å². The molecule has 2 aliphatic rings. The number of ether oxygens (including phenoxy) is 3. The Hall–Kier alpha value is -4.64. The molecule has 0 amide bonds. The molecule has 1 atom stereocenters. The number of aromatic amines is 1. The van der Waals surface area contributed by atoms with Crippen LogP contribution in [-0.2, 0) is 0 Å². The molecule has 40 heavy (non-hydrogen) atoms. The molecule has 1 N–H and O–H groups in total. The molecule has 0 bridgehead atoms. The molecule has 7 rings (SSSR count). The van der Waals surface area contributed by atoms with Gasteiger partial charge < -0.3 is 19.2 Å². The van der Waals surface area contributed by atoms with Gasteiger partial charge in [-0.15, -0.1) is 5.10 Å². The number of nitrogens with one attached hydrogen (secondary N) is 1. The highest BCUT2D eigenvalue weighted by molar-refractivity contribution is 5.75. The first-order chi connectivity index (χ1) is 19.7. The molecule has 0 spiro atoms. The van der Waals surface area contributed by atoms with Gasteiger partial charge in [-0.2, -0.15) is 4.68 Å². The molecule has 4 heterocycles. The van der Waals surface area contributed by atoms with Gasteiger partial charge in [-0.05, 0) is 65.2 Å². The van der Waals surface area contributed by atoms with Crippen LogP contribution in [0.15, 0.2) is 71.5 Å². The summed E-state index contributed by atoms with van der Waals surface area (Å²) in [5.74, 6) is 2.87. The Balaban J connectivity index is 1.23. The number of benzene rings is 3. The van der Waals surface area contributed by atoms with Gasteiger partial charge in [0, 0.05) is 25.2 Å². The molecule has 2 aliphatic heterocycles. The number of hydrogen-bond donors (Lipinski definition) is 1. The first kappa shape index (κ1) is 24.4. The lowest BCUT2D eigenvalue weighted by Crippen LogP contribution is -2.40. The Bertz CT molecular complexity index is 1700. The van der Waals surface area contributed by atoms with E-state index in [2.05, 4.69) is 37.5 Å². The average Bonchev–Trinajstić information content (AvgIpc) is 3.62. The highest BCUT2D eigenvalue weighted by Crippen LogP contribution is 2.36. The maximum Gasteiger partial charge on any atom is 0.326 e. The van der Waals surface area contributed by atoms with Gasteiger partial charge in [0.1, 0.15) is 19.0 Å². The lowest BCUT2D eigenvalue weighted by molar-refractivity contribution is 0.148. The fourth-order valence-electron chi connectivity index (χ4n) is 5.86. The van der Waals surface area contributed by atoms with E-state index in [1.807, 2.05) is 59.2 Å². The summed E-state index contributed by atoms with van der Waals surface area (Å²) in [5, 5.41) is 13.0. The Morgan fingerprint density at radius 3 is 2.55 bits per heavy atom. The van der Waals surface area contributed by atoms with Gasteiger partial charge in [-0.3, -0.25) is 9.47 Å². The van der Waals surface area contributed by atoms with Crippen molar-refractivity contribution in [3.05, 3.63) is 88.6 Å². The van der Waals surface area contributed by atoms with E-state index in [9.17, 15) is 4.79 Å². The predicted molar refractivity (Wildman–Crippen MR) is 147 cm³/mol. The summed E-state index contributed by atoms with van der Waals surface area (Å²) in [4.78, 5) is 18.2. The largest absolute Gasteiger partial charge is 0.497 e. The van der Waals surface area contributed by atoms with Crippen molar-refractivity contribution in [1.29, 1.82) is 0 Å². The quantitative estimate of drug-likeness (QED) is 0.349. The standard InChI is InChI=1S/C29H29N7O4/c1-38-22-9-6-19(7-10-22)27(28-31-32-33-36(28)21-8-11-25-26(18-21)40-17-16-39-25)34-14-12-20(13-15-34)35-24-5-3-2-4-23(24)30-29(35)37/h2-11,18,20,27H,12-17H2,1H3,(H,30,37). The first-order valence-electron chi connectivity index (χ1n) is 13.4. The molecule has 1 fully saturated rings. The predicted octanol–water partition coefficient (Wildman–Crippen LogP) is 3.51. The molecule has 0 radical (unpaired) electrons. The van der Waals surface area contributed by atoms with Gasteiger partial charge in [-0.25, -0.2) is 4.79 Å². The smallest absolute Gasteiger partial charge is 0.326 e. The summed E-state index contributed by atoms with van der Waals surface area (Å²) in [6.45, 7) is 2.56. The molecule has 5 aromatic rings. The van der Waals surface area contributed by atoms with Crippen LogP contribution in [0.3, 0.4) is 0 Å². The molecule has 1 saturated heterocycles. The second kappa shape index (κ2) is 10.2. The van der Waals surface area contributed by atoms with Crippen LogP contribution in [0.1, 0.15) is 36.3 Å². The second-order valence-corrected chi connectivity index (χ2v) is 10.0. The van der Waals surface area contributed by atoms with E-state index < -0.39 is 0 Å². The van der Waals surface area contributed by atoms with Crippen LogP contribution in [0, 0.1) is 0 Å². The molecular formula is C29H29N7O4. The van der Waals surface area contributed by atoms with Crippen LogP contribution in [0.2, 0.25) is 0 Å². The van der Waals surface area contributed by atoms with E-state index in [1.165, 1.54) is 0 Å². The minimum atomic E-state index is -0.213. The van der Waals surface area contributed by atoms with Crippen LogP contribution < -0.4 is 19.9 Å². The number of methoxy groups -OCH3 is 1. The van der Waals surface area contributed by atoms with Crippen molar-refractivity contribution in [3.63, 3.8) is 0 Å². The van der Waals surface area contributed by atoms with Crippen LogP contribution >= 0.6 is 0 Å². The van der Waals surface area contributed by atoms with Crippen LogP contribution in [0.4, 0.5) is 0 Å². The molecule has 3 aromatic carbocycles. The number of hydrogen-bond acceptors (Lipinski definition) is 8. The summed E-state index contributed by atoms with van der Waals surface area (Å²) in [5.41, 5.74) is 3.60. The SMILES string of the molecule is COc1ccc(C(c2nnnn2-c2ccc3c(c2)OCCO3)N2CCC(n3c(=O)[nH]c4ccccc43)CC2)cc1. The summed E-state index contributed by atoms with van der Waals surface area (Å²) in [6, 6.07) is 21.5. The number of aromatic nitrogens is 6. The maximum atomic E-state index is 12.9. The molecule has 1 unspecified atom stereocenters. The number of nitrogens with zero attached hydrogens (tertiary/aromatic N) is 6. The Labute approximate surface area is 229 Å². The number of H-pyrrole nitrogens is 1. The van der Waals surface area contributed by atoms with Crippen molar-refractivity contribution in [2.24, 2.45) is 0 Å². The normalized spacial score (nSPS) is 16.7. The lowest BCUT2D eigenvalue weighted by atomic mass is 9.98. The van der Waals surface area contributed by atoms with Gasteiger partial charge in [0.15, 0.2) is 17.3 Å². The molecule has 0 saturated carbocycles. The second-order valence-electron chi connectivity index (χ2n) is 10.0. The highest BCUT2D eigenvalue weighted by atomic mass is 16.6. The van der Waals surface area contributed by atoms with Gasteiger partial charge in [-0.1, -0.05) is 24.3 Å². The molecule has 0 aliphatic carbocycles. The molecule has 11 heteroatoms. The van der Waals surface area contributed by atoms with Gasteiger partial charge >= 0.3 is 5.69 Å². The Morgan fingerprint density at radius 1 is 0.975 bits per heavy atom. The number of imidazole rings is 1. The summed E-state index contributed by atoms with van der Waals surface area (Å²) < 4.78 is 20.6. The van der Waals surface area contributed by atoms with Crippen molar-refractivity contribution < 1.29 is 14.2 Å². The zero-order valence-electron chi connectivity index (χ0n) is 22.1. The number of likely N-dealkylation sites (tertiary alicyclic amines) is 1. The highest BCUT2D eigenvalue weighted by Gasteiger charge is 2.33. The lowest BCUT2D eigenvalue weighted by Gasteiger charge is -2.37. The van der Waals surface area contributed by atoms with Crippen LogP contribution in [0.5, 0.6) is 17.2 Å². The monoisotopic (exact) mass is 539 g/mol. The van der Waals surface area contributed by atoms with Crippen LogP contribution in [-0.4, -0.2) is 68.1 Å². The summed E-state index contributed by atoms with van der Waals surface area (Å²) in [6.07, 6.45) is 1.64. The minimum Gasteiger partial charge on any atom is -0.497 e. The Morgan fingerprint density at radius 2 is 1.75 bits per heavy atom. The first-order valence-corrected chi connectivity index (χ1v) is 13.4. The topological polar surface area (TPSA) is 112 Å². The molecular weight excluding hydrogens is 510 g/mol. The molecule has 2 aromatic heterocycles. The minimum absolute atomic E-state index is 0.0612. The fourth-order valence-corrected chi connectivity index (χ4v) is 5.86. The third-order valence-electron chi connectivity index (χ3n) is 7.79. The van der Waals surface area contributed by atoms with E-state index in [4.69, 9.17) is 14.2 Å². The molecule has 11 nitrogen and oxygen atoms in total. The zero-order chi connectivity index (χ0) is 27.1. The summed E-state index contributed by atoms with van der Waals surface area (Å²) >= 11 is 0. The van der Waals surface area contributed by atoms with Crippen molar-refractivity contribution in [2.75, 3.05) is 33.4 Å². The number of rotatable bonds is 6.